The molecule has 0 aliphatic heterocycles. The average molecular weight is 157 g/mol. The molecule has 0 amide bonds. The fraction of sp³-hybridized carbons (Fsp3) is 0.200. The first-order valence-electron chi connectivity index (χ1n) is 2.58. The molecule has 54 valence electrons. The number of hydrogen-bond acceptors (Lipinski definition) is 5. The average Bonchev–Trinajstić information content (AvgIpc) is 2.13. The van der Waals surface area contributed by atoms with Gasteiger partial charge in [-0.1, -0.05) is 0 Å². The summed E-state index contributed by atoms with van der Waals surface area (Å²) in [4.78, 5) is 14.3. The van der Waals surface area contributed by atoms with Crippen LogP contribution in [0.15, 0.2) is 6.20 Å². The molecule has 0 aromatic carbocycles. The summed E-state index contributed by atoms with van der Waals surface area (Å²) in [5.41, 5.74) is 5.25. The number of carbonyl (C=O) groups is 1. The maximum atomic E-state index is 10.0. The Morgan fingerprint density at radius 2 is 2.60 bits per heavy atom. The van der Waals surface area contributed by atoms with E-state index in [9.17, 15) is 9.90 Å². The van der Waals surface area contributed by atoms with Gasteiger partial charge in [0.05, 0.1) is 0 Å². The van der Waals surface area contributed by atoms with Crippen LogP contribution in [0.5, 0.6) is 0 Å². The van der Waals surface area contributed by atoms with Crippen LogP contribution in [0.1, 0.15) is 4.88 Å². The van der Waals surface area contributed by atoms with Crippen LogP contribution >= 0.6 is 11.3 Å². The van der Waals surface area contributed by atoms with E-state index in [1.807, 2.05) is 0 Å². The number of hydrogen-bond donors (Lipinski definition) is 1. The Bertz CT molecular complexity index is 246. The summed E-state index contributed by atoms with van der Waals surface area (Å²) >= 11 is 1.16. The molecule has 4 nitrogen and oxygen atoms in total. The van der Waals surface area contributed by atoms with Gasteiger partial charge in [0.1, 0.15) is 0 Å². The van der Waals surface area contributed by atoms with Crippen LogP contribution < -0.4 is 10.8 Å². The standard InChI is InChI=1S/C5H6N2O2S/c6-5-7-2-3(10-5)1-4(8)9/h2H,1H2,(H2,6,7)(H,8,9)/p-1. The first-order chi connectivity index (χ1) is 4.68. The van der Waals surface area contributed by atoms with Gasteiger partial charge in [-0.2, -0.15) is 0 Å². The molecule has 0 saturated heterocycles. The largest absolute Gasteiger partial charge is 0.550 e. The Morgan fingerprint density at radius 1 is 1.90 bits per heavy atom. The number of carbonyl (C=O) groups excluding carboxylic acids is 1. The lowest BCUT2D eigenvalue weighted by atomic mass is 10.4. The lowest BCUT2D eigenvalue weighted by Gasteiger charge is -1.94. The summed E-state index contributed by atoms with van der Waals surface area (Å²) in [6.07, 6.45) is 1.34. The van der Waals surface area contributed by atoms with E-state index in [0.717, 1.165) is 11.3 Å². The minimum absolute atomic E-state index is 0.102. The second-order valence-corrected chi connectivity index (χ2v) is 2.86. The third-order valence-electron chi connectivity index (χ3n) is 0.890. The molecule has 0 spiro atoms. The minimum atomic E-state index is -1.11. The lowest BCUT2D eigenvalue weighted by molar-refractivity contribution is -0.304. The number of nitrogens with zero attached hydrogens (tertiary/aromatic N) is 1. The summed E-state index contributed by atoms with van der Waals surface area (Å²) in [6.45, 7) is 0. The molecule has 1 heterocycles. The summed E-state index contributed by atoms with van der Waals surface area (Å²) < 4.78 is 0. The second-order valence-electron chi connectivity index (χ2n) is 1.71. The van der Waals surface area contributed by atoms with Crippen LogP contribution in [-0.4, -0.2) is 11.0 Å². The number of aromatic nitrogens is 1. The number of anilines is 1. The Labute approximate surface area is 61.3 Å². The van der Waals surface area contributed by atoms with Crippen molar-refractivity contribution in [3.63, 3.8) is 0 Å². The monoisotopic (exact) mass is 157 g/mol. The van der Waals surface area contributed by atoms with E-state index in [4.69, 9.17) is 5.73 Å². The van der Waals surface area contributed by atoms with E-state index in [-0.39, 0.29) is 6.42 Å². The van der Waals surface area contributed by atoms with Gasteiger partial charge in [-0.15, -0.1) is 11.3 Å². The highest BCUT2D eigenvalue weighted by molar-refractivity contribution is 7.15. The third kappa shape index (κ3) is 1.70. The van der Waals surface area contributed by atoms with Gasteiger partial charge in [0.15, 0.2) is 5.13 Å². The molecular formula is C5H5N2O2S-. The summed E-state index contributed by atoms with van der Waals surface area (Å²) in [5.74, 6) is -1.11. The van der Waals surface area contributed by atoms with Crippen molar-refractivity contribution in [1.82, 2.24) is 4.98 Å². The molecule has 0 unspecified atom stereocenters. The van der Waals surface area contributed by atoms with Crippen molar-refractivity contribution in [3.05, 3.63) is 11.1 Å². The van der Waals surface area contributed by atoms with Crippen LogP contribution in [0.2, 0.25) is 0 Å². The molecule has 1 rings (SSSR count). The predicted octanol–water partition coefficient (Wildman–Crippen LogP) is -0.982. The number of nitrogen functional groups attached to an aromatic ring is 1. The number of thiazole rings is 1. The van der Waals surface area contributed by atoms with Gasteiger partial charge in [-0.3, -0.25) is 0 Å². The second kappa shape index (κ2) is 2.66. The molecule has 0 saturated carbocycles. The Balaban J connectivity index is 2.67. The number of carboxylic acid groups (broad SMARTS) is 1. The van der Waals surface area contributed by atoms with Crippen molar-refractivity contribution in [3.8, 4) is 0 Å². The molecule has 2 N–H and O–H groups in total. The molecule has 5 heteroatoms. The molecule has 0 atom stereocenters. The number of rotatable bonds is 2. The molecular weight excluding hydrogens is 152 g/mol. The van der Waals surface area contributed by atoms with Crippen LogP contribution in [0.3, 0.4) is 0 Å². The quantitative estimate of drug-likeness (QED) is 0.598. The zero-order valence-electron chi connectivity index (χ0n) is 5.03. The number of aliphatic carboxylic acids is 1. The topological polar surface area (TPSA) is 79.0 Å². The van der Waals surface area contributed by atoms with Gasteiger partial charge in [0.25, 0.3) is 0 Å². The van der Waals surface area contributed by atoms with E-state index < -0.39 is 5.97 Å². The van der Waals surface area contributed by atoms with E-state index in [1.165, 1.54) is 6.20 Å². The van der Waals surface area contributed by atoms with E-state index in [0.29, 0.717) is 10.0 Å². The molecule has 1 aromatic heterocycles. The third-order valence-corrected chi connectivity index (χ3v) is 1.72. The van der Waals surface area contributed by atoms with Crippen molar-refractivity contribution in [2.75, 3.05) is 5.73 Å². The number of nitrogens with two attached hydrogens (primary N) is 1. The maximum Gasteiger partial charge on any atom is 0.180 e. The highest BCUT2D eigenvalue weighted by Crippen LogP contribution is 2.13. The normalized spacial score (nSPS) is 9.60. The van der Waals surface area contributed by atoms with E-state index in [1.54, 1.807) is 0 Å². The summed E-state index contributed by atoms with van der Waals surface area (Å²) in [7, 11) is 0. The van der Waals surface area contributed by atoms with Crippen molar-refractivity contribution in [1.29, 1.82) is 0 Å². The van der Waals surface area contributed by atoms with Crippen LogP contribution in [0.25, 0.3) is 0 Å². The van der Waals surface area contributed by atoms with Crippen LogP contribution in [0, 0.1) is 0 Å². The highest BCUT2D eigenvalue weighted by atomic mass is 32.1. The van der Waals surface area contributed by atoms with Gasteiger partial charge in [0.2, 0.25) is 0 Å². The predicted molar refractivity (Wildman–Crippen MR) is 35.2 cm³/mol. The lowest BCUT2D eigenvalue weighted by Crippen LogP contribution is -2.23. The van der Waals surface area contributed by atoms with Crippen LogP contribution in [-0.2, 0) is 11.2 Å². The zero-order valence-corrected chi connectivity index (χ0v) is 5.85. The molecule has 0 fully saturated rings. The maximum absolute atomic E-state index is 10.0. The molecule has 0 aliphatic carbocycles. The SMILES string of the molecule is Nc1ncc(CC(=O)[O-])s1. The molecule has 10 heavy (non-hydrogen) atoms. The zero-order chi connectivity index (χ0) is 7.56. The molecule has 0 radical (unpaired) electrons. The van der Waals surface area contributed by atoms with Gasteiger partial charge in [0, 0.05) is 23.5 Å². The summed E-state index contributed by atoms with van der Waals surface area (Å²) in [5, 5.41) is 10.4. The number of carboxylic acids is 1. The fourth-order valence-corrected chi connectivity index (χ4v) is 1.22. The minimum Gasteiger partial charge on any atom is -0.550 e. The van der Waals surface area contributed by atoms with E-state index >= 15 is 0 Å². The first-order valence-corrected chi connectivity index (χ1v) is 3.40. The van der Waals surface area contributed by atoms with Crippen molar-refractivity contribution < 1.29 is 9.90 Å². The highest BCUT2D eigenvalue weighted by Gasteiger charge is 1.97. The van der Waals surface area contributed by atoms with Crippen molar-refractivity contribution in [2.45, 2.75) is 6.42 Å². The molecule has 1 aromatic rings. The van der Waals surface area contributed by atoms with Gasteiger partial charge >= 0.3 is 0 Å². The van der Waals surface area contributed by atoms with Crippen molar-refractivity contribution >= 4 is 22.4 Å². The Hall–Kier alpha value is -1.10. The Kier molecular flexibility index (Phi) is 1.86. The van der Waals surface area contributed by atoms with Crippen molar-refractivity contribution in [2.24, 2.45) is 0 Å². The summed E-state index contributed by atoms with van der Waals surface area (Å²) in [6, 6.07) is 0. The Morgan fingerprint density at radius 3 is 3.00 bits per heavy atom. The van der Waals surface area contributed by atoms with Gasteiger partial charge < -0.3 is 15.6 Å². The smallest absolute Gasteiger partial charge is 0.180 e. The molecule has 0 bridgehead atoms. The fourth-order valence-electron chi connectivity index (χ4n) is 0.547. The molecule has 0 aliphatic rings. The van der Waals surface area contributed by atoms with Gasteiger partial charge in [-0.25, -0.2) is 4.98 Å². The van der Waals surface area contributed by atoms with Gasteiger partial charge in [-0.05, 0) is 0 Å². The van der Waals surface area contributed by atoms with E-state index in [2.05, 4.69) is 4.98 Å². The first kappa shape index (κ1) is 7.01. The van der Waals surface area contributed by atoms with Crippen LogP contribution in [0.4, 0.5) is 5.13 Å².